The minimum absolute atomic E-state index is 0. The van der Waals surface area contributed by atoms with Crippen LogP contribution in [-0.2, 0) is 4.79 Å². The molecule has 1 aromatic heterocycles. The van der Waals surface area contributed by atoms with E-state index in [1.807, 2.05) is 7.05 Å². The molecule has 1 saturated heterocycles. The van der Waals surface area contributed by atoms with Gasteiger partial charge in [-0.3, -0.25) is 9.69 Å². The van der Waals surface area contributed by atoms with Crippen molar-refractivity contribution < 1.29 is 23.5 Å². The summed E-state index contributed by atoms with van der Waals surface area (Å²) in [6.07, 6.45) is 0. The van der Waals surface area contributed by atoms with Gasteiger partial charge < -0.3 is 29.8 Å². The Morgan fingerprint density at radius 3 is 2.61 bits per heavy atom. The van der Waals surface area contributed by atoms with E-state index in [0.717, 1.165) is 19.6 Å². The fourth-order valence-electron chi connectivity index (χ4n) is 2.87. The first-order valence-corrected chi connectivity index (χ1v) is 8.45. The molecule has 1 unspecified atom stereocenters. The van der Waals surface area contributed by atoms with Gasteiger partial charge in [0.2, 0.25) is 5.75 Å². The number of piperazine rings is 1. The number of methoxy groups -OCH3 is 2. The van der Waals surface area contributed by atoms with Gasteiger partial charge in [0.25, 0.3) is 11.8 Å². The zero-order valence-corrected chi connectivity index (χ0v) is 16.7. The molecule has 0 bridgehead atoms. The van der Waals surface area contributed by atoms with Crippen LogP contribution in [0.15, 0.2) is 16.7 Å². The summed E-state index contributed by atoms with van der Waals surface area (Å²) in [4.78, 5) is 17.7. The first-order valence-electron chi connectivity index (χ1n) is 8.45. The number of likely N-dealkylation sites (N-methyl/N-ethyl adjacent to an activating group) is 1. The average molecular weight is 414 g/mol. The molecule has 2 heterocycles. The maximum Gasteiger partial charge on any atom is 0.258 e. The topological polar surface area (TPSA) is 125 Å². The van der Waals surface area contributed by atoms with E-state index in [1.54, 1.807) is 12.1 Å². The van der Waals surface area contributed by atoms with Crippen LogP contribution in [0.4, 0.5) is 0 Å². The van der Waals surface area contributed by atoms with Crippen molar-refractivity contribution >= 4 is 18.3 Å². The molecule has 3 N–H and O–H groups in total. The van der Waals surface area contributed by atoms with E-state index in [9.17, 15) is 4.79 Å². The molecule has 28 heavy (non-hydrogen) atoms. The first-order chi connectivity index (χ1) is 13.0. The summed E-state index contributed by atoms with van der Waals surface area (Å²) in [5, 5.41) is 7.44. The van der Waals surface area contributed by atoms with Gasteiger partial charge in [-0.05, 0) is 19.2 Å². The lowest BCUT2D eigenvalue weighted by Gasteiger charge is -2.30. The number of nitrogens with two attached hydrogens (primary N) is 1. The molecular weight excluding hydrogens is 390 g/mol. The van der Waals surface area contributed by atoms with Crippen LogP contribution in [0.5, 0.6) is 17.2 Å². The Kier molecular flexibility index (Phi) is 7.44. The van der Waals surface area contributed by atoms with Crippen LogP contribution in [0.2, 0.25) is 0 Å². The van der Waals surface area contributed by atoms with Crippen molar-refractivity contribution in [2.75, 3.05) is 47.5 Å². The summed E-state index contributed by atoms with van der Waals surface area (Å²) in [5.74, 6) is 1.34. The Balaban J connectivity index is 0.00000280. The number of benzene rings is 1. The first kappa shape index (κ1) is 21.7. The number of hydrogen-bond donors (Lipinski definition) is 2. The number of hydrogen-bond acceptors (Lipinski definition) is 9. The summed E-state index contributed by atoms with van der Waals surface area (Å²) >= 11 is 0. The zero-order valence-electron chi connectivity index (χ0n) is 15.9. The number of carbonyl (C=O) groups is 1. The smallest absolute Gasteiger partial charge is 0.258 e. The Labute approximate surface area is 168 Å². The van der Waals surface area contributed by atoms with Crippen molar-refractivity contribution in [2.24, 2.45) is 5.73 Å². The summed E-state index contributed by atoms with van der Waals surface area (Å²) in [6, 6.07) is 3.40. The van der Waals surface area contributed by atoms with Gasteiger partial charge in [0.15, 0.2) is 23.9 Å². The fraction of sp³-hybridized carbons (Fsp3) is 0.471. The number of nitrogens with one attached hydrogen (secondary N) is 1. The van der Waals surface area contributed by atoms with Crippen molar-refractivity contribution in [2.45, 2.75) is 6.04 Å². The van der Waals surface area contributed by atoms with E-state index in [1.165, 1.54) is 14.2 Å². The maximum absolute atomic E-state index is 11.0. The highest BCUT2D eigenvalue weighted by Crippen LogP contribution is 2.41. The lowest BCUT2D eigenvalue weighted by atomic mass is 10.1. The van der Waals surface area contributed by atoms with Crippen LogP contribution in [0.3, 0.4) is 0 Å². The number of nitrogens with zero attached hydrogens (tertiary/aromatic N) is 3. The lowest BCUT2D eigenvalue weighted by molar-refractivity contribution is -0.120. The number of carbonyl (C=O) groups excluding carboxylic acids is 1. The van der Waals surface area contributed by atoms with Crippen molar-refractivity contribution in [1.29, 1.82) is 0 Å². The second-order valence-electron chi connectivity index (χ2n) is 6.12. The third-order valence-corrected chi connectivity index (χ3v) is 4.32. The van der Waals surface area contributed by atoms with E-state index in [-0.39, 0.29) is 30.8 Å². The van der Waals surface area contributed by atoms with Gasteiger partial charge in [-0.2, -0.15) is 4.98 Å². The second-order valence-corrected chi connectivity index (χ2v) is 6.12. The highest BCUT2D eigenvalue weighted by atomic mass is 35.5. The minimum Gasteiger partial charge on any atom is -0.493 e. The number of primary amides is 1. The van der Waals surface area contributed by atoms with Crippen molar-refractivity contribution in [1.82, 2.24) is 20.4 Å². The van der Waals surface area contributed by atoms with Gasteiger partial charge in [0.1, 0.15) is 0 Å². The molecule has 0 spiro atoms. The molecule has 1 amide bonds. The van der Waals surface area contributed by atoms with Crippen LogP contribution in [0.1, 0.15) is 11.9 Å². The van der Waals surface area contributed by atoms with E-state index >= 15 is 0 Å². The van der Waals surface area contributed by atoms with Crippen LogP contribution < -0.4 is 25.3 Å². The monoisotopic (exact) mass is 413 g/mol. The Bertz CT molecular complexity index is 790. The Hall–Kier alpha value is -2.56. The number of ether oxygens (including phenoxy) is 3. The fourth-order valence-corrected chi connectivity index (χ4v) is 2.87. The highest BCUT2D eigenvalue weighted by Gasteiger charge is 2.26. The van der Waals surface area contributed by atoms with Crippen LogP contribution in [0.25, 0.3) is 11.5 Å². The standard InChI is InChI=1S/C17H23N5O5.ClH/c1-22-5-4-19-8-11(22)16-20-17(27-21-16)10-6-12(24-2)15(13(7-10)25-3)26-9-14(18)23;/h6-7,11,19H,4-5,8-9H2,1-3H3,(H2,18,23);1H. The number of halogens is 1. The Morgan fingerprint density at radius 2 is 2.04 bits per heavy atom. The number of amides is 1. The SMILES string of the molecule is COc1cc(-c2nc(C3CNCCN3C)no2)cc(OC)c1OCC(N)=O.Cl. The molecule has 154 valence electrons. The van der Waals surface area contributed by atoms with Crippen molar-refractivity contribution in [3.05, 3.63) is 18.0 Å². The predicted molar refractivity (Wildman–Crippen MR) is 103 cm³/mol. The molecule has 11 heteroatoms. The van der Waals surface area contributed by atoms with Crippen molar-refractivity contribution in [3.63, 3.8) is 0 Å². The highest BCUT2D eigenvalue weighted by molar-refractivity contribution is 5.85. The van der Waals surface area contributed by atoms with Gasteiger partial charge in [-0.1, -0.05) is 5.16 Å². The largest absolute Gasteiger partial charge is 0.493 e. The summed E-state index contributed by atoms with van der Waals surface area (Å²) in [6.45, 7) is 2.29. The summed E-state index contributed by atoms with van der Waals surface area (Å²) in [5.41, 5.74) is 5.75. The third kappa shape index (κ3) is 4.64. The average Bonchev–Trinajstić information content (AvgIpc) is 3.15. The second kappa shape index (κ2) is 9.58. The van der Waals surface area contributed by atoms with Crippen LogP contribution in [-0.4, -0.2) is 68.5 Å². The molecule has 1 atom stereocenters. The third-order valence-electron chi connectivity index (χ3n) is 4.32. The van der Waals surface area contributed by atoms with Crippen LogP contribution in [0, 0.1) is 0 Å². The molecule has 0 radical (unpaired) electrons. The molecule has 1 fully saturated rings. The molecule has 0 saturated carbocycles. The van der Waals surface area contributed by atoms with E-state index in [0.29, 0.717) is 28.8 Å². The predicted octanol–water partition coefficient (Wildman–Crippen LogP) is 0.616. The molecule has 10 nitrogen and oxygen atoms in total. The molecule has 0 aliphatic carbocycles. The van der Waals surface area contributed by atoms with Crippen molar-refractivity contribution in [3.8, 4) is 28.7 Å². The lowest BCUT2D eigenvalue weighted by Crippen LogP contribution is -2.44. The molecular formula is C17H24ClN5O5. The van der Waals surface area contributed by atoms with Gasteiger partial charge in [-0.25, -0.2) is 0 Å². The maximum atomic E-state index is 11.0. The number of aromatic nitrogens is 2. The molecule has 1 aromatic carbocycles. The normalized spacial score (nSPS) is 16.9. The minimum atomic E-state index is -0.602. The molecule has 2 aromatic rings. The summed E-state index contributed by atoms with van der Waals surface area (Å²) < 4.78 is 21.6. The van der Waals surface area contributed by atoms with Gasteiger partial charge in [-0.15, -0.1) is 12.4 Å². The van der Waals surface area contributed by atoms with Gasteiger partial charge in [0.05, 0.1) is 20.3 Å². The van der Waals surface area contributed by atoms with Gasteiger partial charge >= 0.3 is 0 Å². The Morgan fingerprint density at radius 1 is 1.36 bits per heavy atom. The van der Waals surface area contributed by atoms with E-state index < -0.39 is 5.91 Å². The zero-order chi connectivity index (χ0) is 19.4. The van der Waals surface area contributed by atoms with E-state index in [4.69, 9.17) is 24.5 Å². The van der Waals surface area contributed by atoms with Gasteiger partial charge in [0, 0.05) is 25.2 Å². The molecule has 1 aliphatic heterocycles. The molecule has 3 rings (SSSR count). The number of rotatable bonds is 7. The van der Waals surface area contributed by atoms with E-state index in [2.05, 4.69) is 20.4 Å². The summed E-state index contributed by atoms with van der Waals surface area (Å²) in [7, 11) is 4.99. The quantitative estimate of drug-likeness (QED) is 0.671. The molecule has 1 aliphatic rings. The van der Waals surface area contributed by atoms with Crippen LogP contribution >= 0.6 is 12.4 Å².